The molecule has 0 bridgehead atoms. The van der Waals surface area contributed by atoms with E-state index in [0.29, 0.717) is 11.8 Å². The van der Waals surface area contributed by atoms with Crippen LogP contribution < -0.4 is 0 Å². The minimum absolute atomic E-state index is 0. The van der Waals surface area contributed by atoms with Crippen LogP contribution in [0.2, 0.25) is 0 Å². The molecular weight excluding hydrogens is 411 g/mol. The average molecular weight is 444 g/mol. The van der Waals surface area contributed by atoms with Crippen LogP contribution in [0.15, 0.2) is 33.4 Å². The van der Waals surface area contributed by atoms with Crippen molar-refractivity contribution in [2.45, 2.75) is 55.4 Å². The molecule has 2 unspecified atom stereocenters. The van der Waals surface area contributed by atoms with Gasteiger partial charge >= 0.3 is 33.8 Å². The molecule has 2 aliphatic carbocycles. The second-order valence-corrected chi connectivity index (χ2v) is 10.6. The number of rotatable bonds is 0. The van der Waals surface area contributed by atoms with Gasteiger partial charge in [0.25, 0.3) is 0 Å². The zero-order valence-electron chi connectivity index (χ0n) is 16.6. The van der Waals surface area contributed by atoms with Crippen LogP contribution in [-0.2, 0) is 16.8 Å². The average Bonchev–Trinajstić information content (AvgIpc) is 2.77. The van der Waals surface area contributed by atoms with Gasteiger partial charge < -0.3 is 7.43 Å². The van der Waals surface area contributed by atoms with E-state index in [2.05, 4.69) is 67.5 Å². The van der Waals surface area contributed by atoms with Crippen molar-refractivity contribution in [3.63, 3.8) is 0 Å². The summed E-state index contributed by atoms with van der Waals surface area (Å²) in [6.07, 6.45) is 6.72. The zero-order chi connectivity index (χ0) is 16.7. The third-order valence-corrected chi connectivity index (χ3v) is 4.47. The van der Waals surface area contributed by atoms with E-state index in [9.17, 15) is 0 Å². The first-order valence-electron chi connectivity index (χ1n) is 7.35. The minimum atomic E-state index is 0. The maximum absolute atomic E-state index is 5.14. The fourth-order valence-corrected chi connectivity index (χ4v) is 2.32. The molecule has 0 nitrogen and oxygen atoms in total. The third-order valence-electron chi connectivity index (χ3n) is 4.47. The van der Waals surface area contributed by atoms with Crippen LogP contribution in [0.5, 0.6) is 0 Å². The molecule has 5 heteroatoms. The SMILES string of the molecule is CC1=[C-]C(C)C(C)=C1C.CC1=[C-]C(C)C(C)=C1C.Cl.Cl.[CH3-].[SiH2]=[Ti][Cl]. The van der Waals surface area contributed by atoms with Crippen molar-refractivity contribution in [1.29, 1.82) is 0 Å². The molecular formula is C19H33Cl3SiTi-3. The summed E-state index contributed by atoms with van der Waals surface area (Å²) >= 11 is 0.000000000000000111. The summed E-state index contributed by atoms with van der Waals surface area (Å²) < 4.78 is 0. The summed E-state index contributed by atoms with van der Waals surface area (Å²) in [4.78, 5) is 0. The van der Waals surface area contributed by atoms with E-state index in [-0.39, 0.29) is 49.1 Å². The van der Waals surface area contributed by atoms with Gasteiger partial charge in [-0.25, -0.2) is 11.1 Å². The molecule has 0 N–H and O–H groups in total. The quantitative estimate of drug-likeness (QED) is 0.296. The topological polar surface area (TPSA) is 0 Å². The molecule has 0 aliphatic heterocycles. The van der Waals surface area contributed by atoms with E-state index in [0.717, 1.165) is 0 Å². The third kappa shape index (κ3) is 10.0. The maximum atomic E-state index is 5.14. The van der Waals surface area contributed by atoms with Gasteiger partial charge in [0.1, 0.15) is 0 Å². The Kier molecular flexibility index (Phi) is 21.6. The van der Waals surface area contributed by atoms with Crippen molar-refractivity contribution in [3.05, 3.63) is 53.0 Å². The van der Waals surface area contributed by atoms with Gasteiger partial charge in [-0.05, 0) is 0 Å². The molecule has 2 rings (SSSR count). The summed E-state index contributed by atoms with van der Waals surface area (Å²) in [6.45, 7) is 17.3. The Morgan fingerprint density at radius 1 is 0.792 bits per heavy atom. The first-order chi connectivity index (χ1) is 9.67. The Hall–Kier alpha value is 0.761. The second kappa shape index (κ2) is 16.0. The molecule has 24 heavy (non-hydrogen) atoms. The fourth-order valence-electron chi connectivity index (χ4n) is 2.32. The molecule has 0 saturated heterocycles. The molecule has 0 aromatic heterocycles. The van der Waals surface area contributed by atoms with Gasteiger partial charge in [0, 0.05) is 0 Å². The van der Waals surface area contributed by atoms with Gasteiger partial charge in [-0.15, -0.1) is 38.7 Å². The number of halogens is 3. The number of hydrogen-bond donors (Lipinski definition) is 0. The van der Waals surface area contributed by atoms with Crippen LogP contribution in [0.25, 0.3) is 0 Å². The van der Waals surface area contributed by atoms with E-state index < -0.39 is 0 Å². The van der Waals surface area contributed by atoms with Crippen molar-refractivity contribution in [2.24, 2.45) is 11.8 Å². The number of hydrogen-bond acceptors (Lipinski definition) is 0. The van der Waals surface area contributed by atoms with Crippen molar-refractivity contribution in [1.82, 2.24) is 0 Å². The summed E-state index contributed by atoms with van der Waals surface area (Å²) in [7, 11) is 7.00. The van der Waals surface area contributed by atoms with Crippen LogP contribution >= 0.6 is 34.1 Å². The fraction of sp³-hybridized carbons (Fsp3) is 0.526. The Morgan fingerprint density at radius 2 is 1.00 bits per heavy atom. The first-order valence-corrected chi connectivity index (χ1v) is 13.5. The Balaban J connectivity index is -0.000000130. The molecule has 141 valence electrons. The van der Waals surface area contributed by atoms with Crippen molar-refractivity contribution in [2.75, 3.05) is 0 Å². The normalized spacial score (nSPS) is 20.7. The van der Waals surface area contributed by atoms with Gasteiger partial charge in [-0.3, -0.25) is 12.2 Å². The monoisotopic (exact) mass is 442 g/mol. The van der Waals surface area contributed by atoms with E-state index in [1.54, 1.807) is 0 Å². The first kappa shape index (κ1) is 32.4. The van der Waals surface area contributed by atoms with Gasteiger partial charge in [0.15, 0.2) is 0 Å². The van der Waals surface area contributed by atoms with Crippen molar-refractivity contribution in [3.8, 4) is 0 Å². The van der Waals surface area contributed by atoms with Gasteiger partial charge in [-0.2, -0.15) is 22.3 Å². The molecule has 0 radical (unpaired) electrons. The van der Waals surface area contributed by atoms with Crippen LogP contribution in [0.4, 0.5) is 0 Å². The van der Waals surface area contributed by atoms with E-state index in [1.165, 1.54) is 33.4 Å². The van der Waals surface area contributed by atoms with E-state index in [4.69, 9.17) is 9.30 Å². The molecule has 0 fully saturated rings. The van der Waals surface area contributed by atoms with Crippen molar-refractivity contribution < 1.29 is 16.8 Å². The molecule has 0 saturated carbocycles. The summed E-state index contributed by atoms with van der Waals surface area (Å²) in [5, 5.41) is 0. The van der Waals surface area contributed by atoms with Gasteiger partial charge in [-0.1, -0.05) is 53.4 Å². The molecule has 0 amide bonds. The van der Waals surface area contributed by atoms with Crippen LogP contribution in [0.1, 0.15) is 55.4 Å². The Morgan fingerprint density at radius 3 is 1.04 bits per heavy atom. The van der Waals surface area contributed by atoms with Crippen LogP contribution in [0.3, 0.4) is 0 Å². The van der Waals surface area contributed by atoms with E-state index in [1.807, 2.05) is 7.63 Å². The van der Waals surface area contributed by atoms with Crippen molar-refractivity contribution >= 4 is 41.8 Å². The predicted molar refractivity (Wildman–Crippen MR) is 115 cm³/mol. The molecule has 0 spiro atoms. The Bertz CT molecular complexity index is 473. The summed E-state index contributed by atoms with van der Waals surface area (Å²) in [5.41, 5.74) is 8.49. The van der Waals surface area contributed by atoms with Gasteiger partial charge in [0.2, 0.25) is 0 Å². The van der Waals surface area contributed by atoms with Crippen LogP contribution in [0, 0.1) is 31.4 Å². The molecule has 0 aromatic rings. The Labute approximate surface area is 177 Å². The molecule has 0 heterocycles. The standard InChI is InChI=1S/2C9H13.CH3.3ClH.H2Si.Ti/c2*1-6-5-7(2)9(4)8(6)3;;;;;;/h2*6H,1-4H3;1H3;3*1H;1H2;/q3*-1;;;;;+1/p-1. The summed E-state index contributed by atoms with van der Waals surface area (Å²) in [6, 6.07) is 0. The second-order valence-electron chi connectivity index (χ2n) is 5.73. The van der Waals surface area contributed by atoms with Gasteiger partial charge in [0.05, 0.1) is 0 Å². The van der Waals surface area contributed by atoms with E-state index >= 15 is 0 Å². The molecule has 2 aliphatic rings. The molecule has 2 atom stereocenters. The van der Waals surface area contributed by atoms with Crippen LogP contribution in [-0.4, -0.2) is 7.63 Å². The molecule has 0 aromatic carbocycles. The zero-order valence-corrected chi connectivity index (χ0v) is 21.9. The predicted octanol–water partition coefficient (Wildman–Crippen LogP) is 6.51. The number of allylic oxidation sites excluding steroid dienone is 8. The summed E-state index contributed by atoms with van der Waals surface area (Å²) in [5.74, 6) is 1.12.